The number of nitrogens with two attached hydrogens (primary N) is 1. The Kier molecular flexibility index (Phi) is 1.65. The van der Waals surface area contributed by atoms with E-state index in [2.05, 4.69) is 11.0 Å². The van der Waals surface area contributed by atoms with Gasteiger partial charge in [-0.2, -0.15) is 5.26 Å². The molecule has 60 valence electrons. The summed E-state index contributed by atoms with van der Waals surface area (Å²) in [6, 6.07) is 2.11. The van der Waals surface area contributed by atoms with Gasteiger partial charge in [0.05, 0.1) is 17.2 Å². The van der Waals surface area contributed by atoms with E-state index in [1.807, 2.05) is 20.9 Å². The van der Waals surface area contributed by atoms with Gasteiger partial charge in [-0.15, -0.1) is 0 Å². The lowest BCUT2D eigenvalue weighted by Gasteiger charge is -2.28. The molecule has 1 rings (SSSR count). The van der Waals surface area contributed by atoms with E-state index >= 15 is 0 Å². The molecule has 0 aliphatic carbocycles. The van der Waals surface area contributed by atoms with Crippen LogP contribution in [0.5, 0.6) is 0 Å². The van der Waals surface area contributed by atoms with Crippen LogP contribution in [0, 0.1) is 11.3 Å². The van der Waals surface area contributed by atoms with Crippen molar-refractivity contribution in [2.75, 3.05) is 13.6 Å². The molecule has 0 atom stereocenters. The van der Waals surface area contributed by atoms with E-state index in [4.69, 9.17) is 11.0 Å². The highest BCUT2D eigenvalue weighted by atomic mass is 15.2. The van der Waals surface area contributed by atoms with Crippen molar-refractivity contribution >= 4 is 0 Å². The molecule has 0 bridgehead atoms. The summed E-state index contributed by atoms with van der Waals surface area (Å²) in [6.45, 7) is 4.72. The highest BCUT2D eigenvalue weighted by molar-refractivity contribution is 5.38. The predicted molar refractivity (Wildman–Crippen MR) is 43.5 cm³/mol. The van der Waals surface area contributed by atoms with Crippen molar-refractivity contribution in [3.63, 3.8) is 0 Å². The first-order valence-corrected chi connectivity index (χ1v) is 3.60. The summed E-state index contributed by atoms with van der Waals surface area (Å²) in [4.78, 5) is 2.07. The first-order chi connectivity index (χ1) is 5.00. The summed E-state index contributed by atoms with van der Waals surface area (Å²) >= 11 is 0. The molecule has 0 aromatic rings. The molecule has 0 aromatic carbocycles. The molecular weight excluding hydrogens is 138 g/mol. The molecule has 0 saturated heterocycles. The molecule has 0 fully saturated rings. The van der Waals surface area contributed by atoms with Gasteiger partial charge in [-0.05, 0) is 20.9 Å². The fourth-order valence-corrected chi connectivity index (χ4v) is 1.19. The normalized spacial score (nSPS) is 23.8. The van der Waals surface area contributed by atoms with Crippen molar-refractivity contribution in [1.82, 2.24) is 4.90 Å². The summed E-state index contributed by atoms with van der Waals surface area (Å²) in [5.41, 5.74) is 7.04. The maximum Gasteiger partial charge on any atom is 0.0979 e. The Hall–Kier alpha value is -1.01. The third-order valence-corrected chi connectivity index (χ3v) is 2.47. The minimum atomic E-state index is -0.148. The SMILES string of the molecule is CN1CC(C#N)=C(N)C1(C)C. The topological polar surface area (TPSA) is 53.0 Å². The fourth-order valence-electron chi connectivity index (χ4n) is 1.19. The molecule has 0 radical (unpaired) electrons. The number of likely N-dealkylation sites (N-methyl/N-ethyl adjacent to an activating group) is 1. The van der Waals surface area contributed by atoms with Gasteiger partial charge in [0, 0.05) is 12.2 Å². The zero-order valence-electron chi connectivity index (χ0n) is 7.18. The van der Waals surface area contributed by atoms with Gasteiger partial charge in [0.25, 0.3) is 0 Å². The number of rotatable bonds is 0. The second kappa shape index (κ2) is 2.24. The van der Waals surface area contributed by atoms with Crippen LogP contribution in [0.1, 0.15) is 13.8 Å². The van der Waals surface area contributed by atoms with Crippen molar-refractivity contribution in [2.45, 2.75) is 19.4 Å². The average Bonchev–Trinajstić information content (AvgIpc) is 2.14. The Morgan fingerprint density at radius 1 is 1.64 bits per heavy atom. The van der Waals surface area contributed by atoms with E-state index in [9.17, 15) is 0 Å². The highest BCUT2D eigenvalue weighted by Gasteiger charge is 2.35. The molecule has 0 unspecified atom stereocenters. The standard InChI is InChI=1S/C8H13N3/c1-8(2)7(10)6(4-9)5-11(8)3/h5,10H2,1-3H3. The average molecular weight is 151 g/mol. The lowest BCUT2D eigenvalue weighted by atomic mass is 10.0. The molecule has 1 aliphatic rings. The van der Waals surface area contributed by atoms with Crippen LogP contribution in [-0.4, -0.2) is 24.0 Å². The van der Waals surface area contributed by atoms with Crippen LogP contribution >= 0.6 is 0 Å². The summed E-state index contributed by atoms with van der Waals surface area (Å²) in [5, 5.41) is 8.67. The van der Waals surface area contributed by atoms with Gasteiger partial charge in [0.2, 0.25) is 0 Å². The van der Waals surface area contributed by atoms with E-state index in [0.29, 0.717) is 17.8 Å². The minimum absolute atomic E-state index is 0.148. The highest BCUT2D eigenvalue weighted by Crippen LogP contribution is 2.28. The first-order valence-electron chi connectivity index (χ1n) is 3.60. The summed E-state index contributed by atoms with van der Waals surface area (Å²) < 4.78 is 0. The van der Waals surface area contributed by atoms with Gasteiger partial charge in [0.1, 0.15) is 0 Å². The van der Waals surface area contributed by atoms with Gasteiger partial charge in [0.15, 0.2) is 0 Å². The zero-order valence-corrected chi connectivity index (χ0v) is 7.18. The fraction of sp³-hybridized carbons (Fsp3) is 0.625. The number of nitriles is 1. The van der Waals surface area contributed by atoms with E-state index in [0.717, 1.165) is 0 Å². The summed E-state index contributed by atoms with van der Waals surface area (Å²) in [7, 11) is 1.97. The molecule has 2 N–H and O–H groups in total. The smallest absolute Gasteiger partial charge is 0.0979 e. The van der Waals surface area contributed by atoms with Crippen molar-refractivity contribution in [1.29, 1.82) is 5.26 Å². The van der Waals surface area contributed by atoms with Gasteiger partial charge in [-0.25, -0.2) is 0 Å². The Morgan fingerprint density at radius 3 is 2.36 bits per heavy atom. The Bertz CT molecular complexity index is 245. The third-order valence-electron chi connectivity index (χ3n) is 2.47. The largest absolute Gasteiger partial charge is 0.400 e. The molecule has 0 saturated carbocycles. The van der Waals surface area contributed by atoms with Crippen LogP contribution in [0.15, 0.2) is 11.3 Å². The lowest BCUT2D eigenvalue weighted by Crippen LogP contribution is -2.40. The summed E-state index contributed by atoms with van der Waals surface area (Å²) in [6.07, 6.45) is 0. The van der Waals surface area contributed by atoms with Crippen LogP contribution in [-0.2, 0) is 0 Å². The van der Waals surface area contributed by atoms with Crippen LogP contribution in [0.25, 0.3) is 0 Å². The van der Waals surface area contributed by atoms with E-state index < -0.39 is 0 Å². The van der Waals surface area contributed by atoms with Crippen LogP contribution in [0.2, 0.25) is 0 Å². The molecule has 1 heterocycles. The van der Waals surface area contributed by atoms with Crippen LogP contribution in [0.3, 0.4) is 0 Å². The maximum atomic E-state index is 8.67. The Morgan fingerprint density at radius 2 is 2.18 bits per heavy atom. The van der Waals surface area contributed by atoms with Crippen LogP contribution in [0.4, 0.5) is 0 Å². The molecule has 3 nitrogen and oxygen atoms in total. The Balaban J connectivity index is 3.04. The van der Waals surface area contributed by atoms with Gasteiger partial charge >= 0.3 is 0 Å². The van der Waals surface area contributed by atoms with Crippen LogP contribution < -0.4 is 5.73 Å². The maximum absolute atomic E-state index is 8.67. The molecule has 3 heteroatoms. The molecule has 11 heavy (non-hydrogen) atoms. The van der Waals surface area contributed by atoms with E-state index in [1.54, 1.807) is 0 Å². The number of hydrogen-bond acceptors (Lipinski definition) is 3. The van der Waals surface area contributed by atoms with Gasteiger partial charge < -0.3 is 5.73 Å². The molecular formula is C8H13N3. The summed E-state index contributed by atoms with van der Waals surface area (Å²) in [5.74, 6) is 0. The van der Waals surface area contributed by atoms with Crippen molar-refractivity contribution in [3.05, 3.63) is 11.3 Å². The van der Waals surface area contributed by atoms with Crippen molar-refractivity contribution in [2.24, 2.45) is 5.73 Å². The molecule has 0 aromatic heterocycles. The second-order valence-corrected chi connectivity index (χ2v) is 3.42. The van der Waals surface area contributed by atoms with E-state index in [-0.39, 0.29) is 5.54 Å². The third kappa shape index (κ3) is 0.997. The Labute approximate surface area is 67.1 Å². The zero-order chi connectivity index (χ0) is 8.65. The second-order valence-electron chi connectivity index (χ2n) is 3.42. The van der Waals surface area contributed by atoms with Gasteiger partial charge in [-0.1, -0.05) is 0 Å². The lowest BCUT2D eigenvalue weighted by molar-refractivity contribution is 0.235. The first kappa shape index (κ1) is 8.09. The molecule has 1 aliphatic heterocycles. The van der Waals surface area contributed by atoms with E-state index in [1.165, 1.54) is 0 Å². The quantitative estimate of drug-likeness (QED) is 0.546. The number of hydrogen-bond donors (Lipinski definition) is 1. The van der Waals surface area contributed by atoms with Crippen molar-refractivity contribution < 1.29 is 0 Å². The number of nitrogens with zero attached hydrogens (tertiary/aromatic N) is 2. The molecule has 0 amide bonds. The molecule has 0 spiro atoms. The predicted octanol–water partition coefficient (Wildman–Crippen LogP) is 0.447. The monoisotopic (exact) mass is 151 g/mol. The van der Waals surface area contributed by atoms with Crippen molar-refractivity contribution in [3.8, 4) is 6.07 Å². The van der Waals surface area contributed by atoms with Gasteiger partial charge in [-0.3, -0.25) is 4.90 Å². The minimum Gasteiger partial charge on any atom is -0.400 e.